The second-order valence-corrected chi connectivity index (χ2v) is 7.95. The summed E-state index contributed by atoms with van der Waals surface area (Å²) in [6, 6.07) is 0. The summed E-state index contributed by atoms with van der Waals surface area (Å²) in [5, 5.41) is 7.87. The van der Waals surface area contributed by atoms with E-state index in [-0.39, 0.29) is 0 Å². The van der Waals surface area contributed by atoms with Crippen molar-refractivity contribution in [3.05, 3.63) is 21.9 Å². The van der Waals surface area contributed by atoms with E-state index < -0.39 is 0 Å². The molecule has 2 aromatic heterocycles. The molecule has 3 heterocycles. The number of piperazine rings is 1. The molecule has 0 radical (unpaired) electrons. The minimum absolute atomic E-state index is 0.896. The molecule has 1 saturated heterocycles. The van der Waals surface area contributed by atoms with Crippen LogP contribution >= 0.6 is 22.9 Å². The van der Waals surface area contributed by atoms with Gasteiger partial charge in [-0.2, -0.15) is 4.37 Å². The molecular weight excluding hydrogens is 366 g/mol. The zero-order chi connectivity index (χ0) is 18.4. The van der Waals surface area contributed by atoms with Gasteiger partial charge in [0.05, 0.1) is 5.01 Å². The number of thiazole rings is 1. The summed E-state index contributed by atoms with van der Waals surface area (Å²) < 4.78 is 4.39. The number of nitrogens with zero attached hydrogens (tertiary/aromatic N) is 6. The summed E-state index contributed by atoms with van der Waals surface area (Å²) in [5.74, 6) is 1.94. The SMILES string of the molecule is CCc1nsc(N2CCN(C(=NC)NCCCc3nc(C)cs3)CC2)n1. The number of aryl methyl sites for hydroxylation is 3. The number of hydrogen-bond donors (Lipinski definition) is 1. The standard InChI is InChI=1S/C17H27N7S2/c1-4-14-21-17(26-22-14)24-10-8-23(9-11-24)16(18-3)19-7-5-6-15-20-13(2)12-25-15/h12H,4-11H2,1-3H3,(H,18,19). The number of anilines is 1. The van der Waals surface area contributed by atoms with Crippen LogP contribution in [-0.2, 0) is 12.8 Å². The van der Waals surface area contributed by atoms with E-state index in [4.69, 9.17) is 0 Å². The number of hydrogen-bond acceptors (Lipinski definition) is 7. The van der Waals surface area contributed by atoms with Crippen LogP contribution in [0, 0.1) is 6.92 Å². The largest absolute Gasteiger partial charge is 0.356 e. The summed E-state index contributed by atoms with van der Waals surface area (Å²) in [6.45, 7) is 8.87. The first-order chi connectivity index (χ1) is 12.7. The zero-order valence-electron chi connectivity index (χ0n) is 15.7. The first kappa shape index (κ1) is 19.0. The summed E-state index contributed by atoms with van der Waals surface area (Å²) in [7, 11) is 1.86. The second kappa shape index (κ2) is 9.27. The Labute approximate surface area is 163 Å². The van der Waals surface area contributed by atoms with Crippen molar-refractivity contribution in [1.82, 2.24) is 24.6 Å². The molecular formula is C17H27N7S2. The van der Waals surface area contributed by atoms with Crippen LogP contribution in [0.5, 0.6) is 0 Å². The maximum absolute atomic E-state index is 4.60. The Morgan fingerprint density at radius 2 is 2.08 bits per heavy atom. The van der Waals surface area contributed by atoms with Gasteiger partial charge in [-0.15, -0.1) is 11.3 Å². The van der Waals surface area contributed by atoms with E-state index >= 15 is 0 Å². The molecule has 0 unspecified atom stereocenters. The van der Waals surface area contributed by atoms with Crippen molar-refractivity contribution in [3.8, 4) is 0 Å². The molecule has 26 heavy (non-hydrogen) atoms. The minimum atomic E-state index is 0.896. The lowest BCUT2D eigenvalue weighted by Crippen LogP contribution is -2.52. The van der Waals surface area contributed by atoms with Gasteiger partial charge in [-0.1, -0.05) is 6.92 Å². The fourth-order valence-electron chi connectivity index (χ4n) is 2.92. The van der Waals surface area contributed by atoms with Crippen LogP contribution in [0.2, 0.25) is 0 Å². The molecule has 3 rings (SSSR count). The molecule has 142 valence electrons. The van der Waals surface area contributed by atoms with Gasteiger partial charge in [0.25, 0.3) is 0 Å². The van der Waals surface area contributed by atoms with E-state index in [9.17, 15) is 0 Å². The third-order valence-corrected chi connectivity index (χ3v) is 6.19. The molecule has 0 bridgehead atoms. The minimum Gasteiger partial charge on any atom is -0.356 e. The van der Waals surface area contributed by atoms with Gasteiger partial charge in [-0.3, -0.25) is 4.99 Å². The molecule has 0 aliphatic carbocycles. The van der Waals surface area contributed by atoms with Gasteiger partial charge < -0.3 is 15.1 Å². The van der Waals surface area contributed by atoms with Crippen LogP contribution in [0.1, 0.15) is 29.9 Å². The number of aliphatic imine (C=N–C) groups is 1. The predicted molar refractivity (Wildman–Crippen MR) is 110 cm³/mol. The third-order valence-electron chi connectivity index (χ3n) is 4.35. The maximum Gasteiger partial charge on any atom is 0.205 e. The molecule has 0 atom stereocenters. The van der Waals surface area contributed by atoms with Crippen molar-refractivity contribution in [1.29, 1.82) is 0 Å². The van der Waals surface area contributed by atoms with Gasteiger partial charge in [0.1, 0.15) is 5.82 Å². The average Bonchev–Trinajstić information content (AvgIpc) is 3.31. The lowest BCUT2D eigenvalue weighted by Gasteiger charge is -2.36. The first-order valence-electron chi connectivity index (χ1n) is 9.13. The summed E-state index contributed by atoms with van der Waals surface area (Å²) in [4.78, 5) is 18.2. The third kappa shape index (κ3) is 4.91. The molecule has 1 aliphatic rings. The van der Waals surface area contributed by atoms with E-state index in [1.165, 1.54) is 16.5 Å². The first-order valence-corrected chi connectivity index (χ1v) is 10.8. The molecule has 1 fully saturated rings. The second-order valence-electron chi connectivity index (χ2n) is 6.28. The van der Waals surface area contributed by atoms with Crippen molar-refractivity contribution >= 4 is 34.0 Å². The van der Waals surface area contributed by atoms with E-state index in [1.807, 2.05) is 14.0 Å². The molecule has 0 saturated carbocycles. The van der Waals surface area contributed by atoms with E-state index in [0.717, 1.165) is 74.6 Å². The molecule has 9 heteroatoms. The van der Waals surface area contributed by atoms with Crippen LogP contribution in [0.25, 0.3) is 0 Å². The van der Waals surface area contributed by atoms with Crippen molar-refractivity contribution < 1.29 is 0 Å². The fraction of sp³-hybridized carbons (Fsp3) is 0.647. The molecule has 0 amide bonds. The van der Waals surface area contributed by atoms with Crippen LogP contribution in [0.3, 0.4) is 0 Å². The highest BCUT2D eigenvalue weighted by Crippen LogP contribution is 2.19. The van der Waals surface area contributed by atoms with Gasteiger partial charge in [0.15, 0.2) is 5.96 Å². The highest BCUT2D eigenvalue weighted by molar-refractivity contribution is 7.09. The molecule has 1 N–H and O–H groups in total. The van der Waals surface area contributed by atoms with E-state index in [1.54, 1.807) is 11.3 Å². The van der Waals surface area contributed by atoms with E-state index in [0.29, 0.717) is 0 Å². The van der Waals surface area contributed by atoms with Gasteiger partial charge >= 0.3 is 0 Å². The lowest BCUT2D eigenvalue weighted by molar-refractivity contribution is 0.372. The number of guanidine groups is 1. The molecule has 7 nitrogen and oxygen atoms in total. The van der Waals surface area contributed by atoms with E-state index in [2.05, 4.69) is 46.8 Å². The predicted octanol–water partition coefficient (Wildman–Crippen LogP) is 2.20. The molecule has 2 aromatic rings. The van der Waals surface area contributed by atoms with Gasteiger partial charge in [-0.25, -0.2) is 9.97 Å². The average molecular weight is 394 g/mol. The van der Waals surface area contributed by atoms with Crippen molar-refractivity contribution in [2.24, 2.45) is 4.99 Å². The Morgan fingerprint density at radius 3 is 2.69 bits per heavy atom. The van der Waals surface area contributed by atoms with Gasteiger partial charge in [0, 0.05) is 75.2 Å². The van der Waals surface area contributed by atoms with Crippen LogP contribution in [-0.4, -0.2) is 65.0 Å². The van der Waals surface area contributed by atoms with Crippen molar-refractivity contribution in [3.63, 3.8) is 0 Å². The van der Waals surface area contributed by atoms with Gasteiger partial charge in [0.2, 0.25) is 5.13 Å². The van der Waals surface area contributed by atoms with Gasteiger partial charge in [-0.05, 0) is 13.3 Å². The Hall–Kier alpha value is -1.74. The van der Waals surface area contributed by atoms with Crippen LogP contribution in [0.15, 0.2) is 10.4 Å². The Bertz CT molecular complexity index is 716. The quantitative estimate of drug-likeness (QED) is 0.461. The highest BCUT2D eigenvalue weighted by Gasteiger charge is 2.21. The monoisotopic (exact) mass is 393 g/mol. The smallest absolute Gasteiger partial charge is 0.205 e. The Balaban J connectivity index is 1.41. The fourth-order valence-corrected chi connectivity index (χ4v) is 4.54. The number of aromatic nitrogens is 3. The maximum atomic E-state index is 4.60. The number of nitrogens with one attached hydrogen (secondary N) is 1. The highest BCUT2D eigenvalue weighted by atomic mass is 32.1. The summed E-state index contributed by atoms with van der Waals surface area (Å²) >= 11 is 3.26. The summed E-state index contributed by atoms with van der Waals surface area (Å²) in [6.07, 6.45) is 2.98. The van der Waals surface area contributed by atoms with Crippen LogP contribution < -0.4 is 10.2 Å². The lowest BCUT2D eigenvalue weighted by atomic mass is 10.3. The zero-order valence-corrected chi connectivity index (χ0v) is 17.4. The molecule has 0 aromatic carbocycles. The topological polar surface area (TPSA) is 69.5 Å². The molecule has 0 spiro atoms. The molecule has 1 aliphatic heterocycles. The Morgan fingerprint density at radius 1 is 1.27 bits per heavy atom. The van der Waals surface area contributed by atoms with Crippen molar-refractivity contribution in [2.75, 3.05) is 44.7 Å². The van der Waals surface area contributed by atoms with Crippen molar-refractivity contribution in [2.45, 2.75) is 33.1 Å². The summed E-state index contributed by atoms with van der Waals surface area (Å²) in [5.41, 5.74) is 1.12. The normalized spacial score (nSPS) is 15.6. The number of rotatable bonds is 6. The van der Waals surface area contributed by atoms with Crippen LogP contribution in [0.4, 0.5) is 5.13 Å². The Kier molecular flexibility index (Phi) is 6.79.